The first-order valence-electron chi connectivity index (χ1n) is 7.79. The summed E-state index contributed by atoms with van der Waals surface area (Å²) in [6.45, 7) is 15.3. The summed E-state index contributed by atoms with van der Waals surface area (Å²) in [5.41, 5.74) is 1.34. The maximum atomic E-state index is 5.84. The first-order valence-corrected chi connectivity index (χ1v) is 9.73. The molecule has 0 saturated carbocycles. The molecule has 5 heteroatoms. The van der Waals surface area contributed by atoms with E-state index in [0.29, 0.717) is 25.9 Å². The Kier molecular flexibility index (Phi) is 11.3. The lowest BCUT2D eigenvalue weighted by Gasteiger charge is -2.28. The van der Waals surface area contributed by atoms with Gasteiger partial charge in [0.25, 0.3) is 0 Å². The maximum Gasteiger partial charge on any atom is 0.500 e. The van der Waals surface area contributed by atoms with Crippen molar-refractivity contribution < 1.29 is 13.3 Å². The Morgan fingerprint density at radius 1 is 1.05 bits per heavy atom. The van der Waals surface area contributed by atoms with Gasteiger partial charge in [0.1, 0.15) is 0 Å². The summed E-state index contributed by atoms with van der Waals surface area (Å²) in [6.07, 6.45) is 3.24. The van der Waals surface area contributed by atoms with Crippen molar-refractivity contribution in [2.45, 2.75) is 60.0 Å². The van der Waals surface area contributed by atoms with E-state index in [1.807, 2.05) is 20.8 Å². The Labute approximate surface area is 126 Å². The average Bonchev–Trinajstić information content (AvgIpc) is 2.35. The summed E-state index contributed by atoms with van der Waals surface area (Å²) in [5, 5.41) is 3.49. The molecule has 1 N–H and O–H groups in total. The SMILES string of the molecule is CCO[Si](CCCNC(C)C=C(C)C)(OCC)OCC. The van der Waals surface area contributed by atoms with Gasteiger partial charge in [-0.15, -0.1) is 0 Å². The van der Waals surface area contributed by atoms with E-state index in [2.05, 4.69) is 32.2 Å². The zero-order chi connectivity index (χ0) is 15.4. The van der Waals surface area contributed by atoms with Gasteiger partial charge in [-0.1, -0.05) is 11.6 Å². The Bertz CT molecular complexity index is 251. The smallest absolute Gasteiger partial charge is 0.374 e. The van der Waals surface area contributed by atoms with Crippen molar-refractivity contribution in [1.29, 1.82) is 0 Å². The zero-order valence-electron chi connectivity index (χ0n) is 14.1. The van der Waals surface area contributed by atoms with Crippen LogP contribution in [0.15, 0.2) is 11.6 Å². The standard InChI is InChI=1S/C15H33NO3Si/c1-7-17-20(18-8-2,19-9-3)12-10-11-16-15(6)13-14(4)5/h13,15-16H,7-12H2,1-6H3. The van der Waals surface area contributed by atoms with Crippen molar-refractivity contribution in [1.82, 2.24) is 5.32 Å². The van der Waals surface area contributed by atoms with E-state index >= 15 is 0 Å². The highest BCUT2D eigenvalue weighted by molar-refractivity contribution is 6.60. The highest BCUT2D eigenvalue weighted by Gasteiger charge is 2.39. The molecule has 0 heterocycles. The molecule has 0 fully saturated rings. The number of rotatable bonds is 12. The predicted molar refractivity (Wildman–Crippen MR) is 87.0 cm³/mol. The molecule has 20 heavy (non-hydrogen) atoms. The van der Waals surface area contributed by atoms with E-state index in [9.17, 15) is 0 Å². The third-order valence-electron chi connectivity index (χ3n) is 2.80. The lowest BCUT2D eigenvalue weighted by molar-refractivity contribution is 0.0708. The minimum Gasteiger partial charge on any atom is -0.374 e. The topological polar surface area (TPSA) is 39.7 Å². The van der Waals surface area contributed by atoms with Gasteiger partial charge >= 0.3 is 8.80 Å². The molecule has 0 amide bonds. The largest absolute Gasteiger partial charge is 0.500 e. The Hall–Kier alpha value is -0.203. The van der Waals surface area contributed by atoms with Crippen LogP contribution >= 0.6 is 0 Å². The molecule has 0 saturated heterocycles. The molecule has 0 radical (unpaired) electrons. The first kappa shape index (κ1) is 19.8. The molecular weight excluding hydrogens is 270 g/mol. The Balaban J connectivity index is 4.21. The van der Waals surface area contributed by atoms with Gasteiger partial charge in [0.05, 0.1) is 0 Å². The van der Waals surface area contributed by atoms with Crippen LogP contribution in [0.5, 0.6) is 0 Å². The average molecular weight is 304 g/mol. The normalized spacial score (nSPS) is 13.3. The molecule has 120 valence electrons. The minimum absolute atomic E-state index is 0.405. The number of hydrogen-bond donors (Lipinski definition) is 1. The van der Waals surface area contributed by atoms with Crippen molar-refractivity contribution >= 4 is 8.80 Å². The molecule has 4 nitrogen and oxygen atoms in total. The fourth-order valence-corrected chi connectivity index (χ4v) is 4.81. The van der Waals surface area contributed by atoms with Crippen LogP contribution in [0.3, 0.4) is 0 Å². The van der Waals surface area contributed by atoms with Crippen LogP contribution in [-0.4, -0.2) is 41.2 Å². The summed E-state index contributed by atoms with van der Waals surface area (Å²) in [7, 11) is -2.45. The Morgan fingerprint density at radius 3 is 1.95 bits per heavy atom. The van der Waals surface area contributed by atoms with E-state index in [4.69, 9.17) is 13.3 Å². The second-order valence-corrected chi connectivity index (χ2v) is 7.80. The van der Waals surface area contributed by atoms with E-state index in [-0.39, 0.29) is 0 Å². The maximum absolute atomic E-state index is 5.84. The molecule has 0 aromatic carbocycles. The summed E-state index contributed by atoms with van der Waals surface area (Å²) in [4.78, 5) is 0. The van der Waals surface area contributed by atoms with Gasteiger partial charge in [-0.25, -0.2) is 0 Å². The first-order chi connectivity index (χ1) is 9.49. The Morgan fingerprint density at radius 2 is 1.55 bits per heavy atom. The highest BCUT2D eigenvalue weighted by Crippen LogP contribution is 2.17. The van der Waals surface area contributed by atoms with Gasteiger partial charge in [-0.05, 0) is 54.5 Å². The van der Waals surface area contributed by atoms with Gasteiger partial charge in [0.2, 0.25) is 0 Å². The van der Waals surface area contributed by atoms with Crippen LogP contribution < -0.4 is 5.32 Å². The third kappa shape index (κ3) is 8.87. The van der Waals surface area contributed by atoms with Gasteiger partial charge in [0, 0.05) is 31.9 Å². The summed E-state index contributed by atoms with van der Waals surface area (Å²) in [5.74, 6) is 0. The van der Waals surface area contributed by atoms with Crippen LogP contribution in [0.1, 0.15) is 48.0 Å². The fourth-order valence-electron chi connectivity index (χ4n) is 2.19. The molecule has 0 aromatic heterocycles. The van der Waals surface area contributed by atoms with E-state index in [1.165, 1.54) is 5.57 Å². The van der Waals surface area contributed by atoms with Crippen LogP contribution in [0, 0.1) is 0 Å². The number of hydrogen-bond acceptors (Lipinski definition) is 4. The number of allylic oxidation sites excluding steroid dienone is 1. The molecule has 1 unspecified atom stereocenters. The van der Waals surface area contributed by atoms with Crippen molar-refractivity contribution in [3.8, 4) is 0 Å². The predicted octanol–water partition coefficient (Wildman–Crippen LogP) is 3.37. The van der Waals surface area contributed by atoms with Gasteiger partial charge in [-0.3, -0.25) is 0 Å². The molecule has 0 aliphatic heterocycles. The number of nitrogens with one attached hydrogen (secondary N) is 1. The monoisotopic (exact) mass is 303 g/mol. The summed E-state index contributed by atoms with van der Waals surface area (Å²) in [6, 6.07) is 1.28. The van der Waals surface area contributed by atoms with Gasteiger partial charge in [-0.2, -0.15) is 0 Å². The van der Waals surface area contributed by atoms with E-state index in [1.54, 1.807) is 0 Å². The molecule has 0 aliphatic rings. The van der Waals surface area contributed by atoms with Crippen molar-refractivity contribution in [3.05, 3.63) is 11.6 Å². The van der Waals surface area contributed by atoms with Crippen LogP contribution in [-0.2, 0) is 13.3 Å². The lowest BCUT2D eigenvalue weighted by Crippen LogP contribution is -2.46. The molecule has 0 aliphatic carbocycles. The van der Waals surface area contributed by atoms with Crippen molar-refractivity contribution in [2.24, 2.45) is 0 Å². The molecular formula is C15H33NO3Si. The highest BCUT2D eigenvalue weighted by atomic mass is 28.4. The molecule has 0 bridgehead atoms. The molecule has 0 spiro atoms. The second-order valence-electron chi connectivity index (χ2n) is 5.07. The molecule has 1 atom stereocenters. The summed E-state index contributed by atoms with van der Waals surface area (Å²) < 4.78 is 17.5. The van der Waals surface area contributed by atoms with Crippen LogP contribution in [0.4, 0.5) is 0 Å². The van der Waals surface area contributed by atoms with Crippen LogP contribution in [0.2, 0.25) is 6.04 Å². The quantitative estimate of drug-likeness (QED) is 0.341. The van der Waals surface area contributed by atoms with Gasteiger partial charge < -0.3 is 18.6 Å². The third-order valence-corrected chi connectivity index (χ3v) is 5.95. The molecule has 0 aromatic rings. The fraction of sp³-hybridized carbons (Fsp3) is 0.867. The van der Waals surface area contributed by atoms with Crippen molar-refractivity contribution in [3.63, 3.8) is 0 Å². The lowest BCUT2D eigenvalue weighted by atomic mass is 10.2. The zero-order valence-corrected chi connectivity index (χ0v) is 15.1. The second kappa shape index (κ2) is 11.5. The van der Waals surface area contributed by atoms with E-state index < -0.39 is 8.80 Å². The molecule has 0 rings (SSSR count). The van der Waals surface area contributed by atoms with Crippen molar-refractivity contribution in [2.75, 3.05) is 26.4 Å². The van der Waals surface area contributed by atoms with Crippen LogP contribution in [0.25, 0.3) is 0 Å². The minimum atomic E-state index is -2.45. The van der Waals surface area contributed by atoms with Gasteiger partial charge in [0.15, 0.2) is 0 Å². The summed E-state index contributed by atoms with van der Waals surface area (Å²) >= 11 is 0. The van der Waals surface area contributed by atoms with E-state index in [0.717, 1.165) is 19.0 Å².